The minimum Gasteiger partial charge on any atom is -0.373 e. The second-order valence-electron chi connectivity index (χ2n) is 5.33. The summed E-state index contributed by atoms with van der Waals surface area (Å²) < 4.78 is 7.50. The molecule has 5 nitrogen and oxygen atoms in total. The van der Waals surface area contributed by atoms with Gasteiger partial charge in [-0.2, -0.15) is 0 Å². The summed E-state index contributed by atoms with van der Waals surface area (Å²) in [4.78, 5) is 18.2. The summed E-state index contributed by atoms with van der Waals surface area (Å²) in [7, 11) is 1.69. The van der Waals surface area contributed by atoms with Crippen molar-refractivity contribution in [3.05, 3.63) is 48.9 Å². The lowest BCUT2D eigenvalue weighted by atomic mass is 9.87. The Morgan fingerprint density at radius 2 is 2.27 bits per heavy atom. The molecular formula is C16H15N3O2S. The number of carbonyl (C=O) groups is 1. The molecule has 6 heteroatoms. The Kier molecular flexibility index (Phi) is 2.92. The molecule has 1 aromatic rings. The number of aromatic nitrogens is 2. The number of allylic oxidation sites excluding steroid dienone is 2. The van der Waals surface area contributed by atoms with E-state index in [1.807, 2.05) is 29.0 Å². The van der Waals surface area contributed by atoms with E-state index in [-0.39, 0.29) is 16.8 Å². The maximum absolute atomic E-state index is 11.5. The van der Waals surface area contributed by atoms with Crippen LogP contribution in [0.15, 0.2) is 53.9 Å². The molecule has 0 saturated heterocycles. The molecule has 0 saturated carbocycles. The fraction of sp³-hybridized carbons (Fsp3) is 0.250. The Balaban J connectivity index is 1.92. The number of thioether (sulfide) groups is 1. The van der Waals surface area contributed by atoms with E-state index >= 15 is 0 Å². The van der Waals surface area contributed by atoms with Gasteiger partial charge in [0.2, 0.25) is 5.95 Å². The second kappa shape index (κ2) is 4.72. The smallest absolute Gasteiger partial charge is 0.216 e. The number of hydrogen-bond acceptors (Lipinski definition) is 5. The molecule has 1 aromatic heterocycles. The Labute approximate surface area is 132 Å². The zero-order valence-electron chi connectivity index (χ0n) is 12.3. The molecule has 1 aliphatic carbocycles. The van der Waals surface area contributed by atoms with Gasteiger partial charge in [0.15, 0.2) is 5.12 Å². The minimum atomic E-state index is -0.376. The molecule has 1 spiro atoms. The number of anilines is 1. The zero-order chi connectivity index (χ0) is 15.3. The number of fused-ring (bicyclic) bond motifs is 3. The van der Waals surface area contributed by atoms with Crippen LogP contribution in [0.5, 0.6) is 0 Å². The first-order valence-electron chi connectivity index (χ1n) is 7.02. The van der Waals surface area contributed by atoms with Gasteiger partial charge >= 0.3 is 0 Å². The molecule has 2 atom stereocenters. The molecule has 0 amide bonds. The van der Waals surface area contributed by atoms with Crippen LogP contribution in [-0.2, 0) is 9.53 Å². The van der Waals surface area contributed by atoms with Gasteiger partial charge < -0.3 is 4.74 Å². The SMILES string of the molecule is COC1C=CC23C=CC=CN2c2ncc(SC(C)=O)n2C3=C1. The van der Waals surface area contributed by atoms with Gasteiger partial charge in [0.1, 0.15) is 10.6 Å². The predicted octanol–water partition coefficient (Wildman–Crippen LogP) is 2.59. The topological polar surface area (TPSA) is 47.4 Å². The molecule has 0 bridgehead atoms. The molecule has 22 heavy (non-hydrogen) atoms. The number of carbonyl (C=O) groups excluding carboxylic acids is 1. The first-order valence-corrected chi connectivity index (χ1v) is 7.84. The molecule has 0 aromatic carbocycles. The van der Waals surface area contributed by atoms with Crippen LogP contribution < -0.4 is 4.90 Å². The summed E-state index contributed by atoms with van der Waals surface area (Å²) in [5, 5.41) is 0.873. The van der Waals surface area contributed by atoms with E-state index in [0.717, 1.165) is 16.7 Å². The van der Waals surface area contributed by atoms with E-state index in [1.54, 1.807) is 20.2 Å². The maximum atomic E-state index is 11.5. The molecule has 0 radical (unpaired) electrons. The third-order valence-electron chi connectivity index (χ3n) is 4.06. The van der Waals surface area contributed by atoms with Gasteiger partial charge in [0.25, 0.3) is 0 Å². The van der Waals surface area contributed by atoms with Crippen molar-refractivity contribution in [2.24, 2.45) is 0 Å². The van der Waals surface area contributed by atoms with Gasteiger partial charge in [-0.05, 0) is 36.1 Å². The fourth-order valence-corrected chi connectivity index (χ4v) is 3.80. The molecule has 112 valence electrons. The minimum absolute atomic E-state index is 0.0444. The van der Waals surface area contributed by atoms with Gasteiger partial charge in [-0.3, -0.25) is 14.3 Å². The summed E-state index contributed by atoms with van der Waals surface area (Å²) in [6.45, 7) is 1.57. The zero-order valence-corrected chi connectivity index (χ0v) is 13.1. The van der Waals surface area contributed by atoms with E-state index in [0.29, 0.717) is 0 Å². The largest absolute Gasteiger partial charge is 0.373 e. The third-order valence-corrected chi connectivity index (χ3v) is 4.84. The van der Waals surface area contributed by atoms with Crippen molar-refractivity contribution in [1.29, 1.82) is 0 Å². The number of nitrogens with zero attached hydrogens (tertiary/aromatic N) is 3. The Morgan fingerprint density at radius 3 is 3.05 bits per heavy atom. The predicted molar refractivity (Wildman–Crippen MR) is 86.5 cm³/mol. The van der Waals surface area contributed by atoms with Crippen LogP contribution in [0.3, 0.4) is 0 Å². The van der Waals surface area contributed by atoms with Crippen molar-refractivity contribution < 1.29 is 9.53 Å². The molecule has 2 aliphatic heterocycles. The lowest BCUT2D eigenvalue weighted by Gasteiger charge is -2.36. The highest BCUT2D eigenvalue weighted by Crippen LogP contribution is 2.49. The third kappa shape index (κ3) is 1.71. The molecule has 4 rings (SSSR count). The summed E-state index contributed by atoms with van der Waals surface area (Å²) in [5.74, 6) is 0.817. The maximum Gasteiger partial charge on any atom is 0.216 e. The molecule has 3 aliphatic rings. The van der Waals surface area contributed by atoms with E-state index < -0.39 is 0 Å². The first-order chi connectivity index (χ1) is 10.7. The standard InChI is InChI=1S/C16H15N3O2S/c1-11(20)22-14-10-17-15-18-8-4-3-6-16(18)7-5-12(21-2)9-13(16)19(14)15/h3-10,12H,1-2H3. The number of methoxy groups -OCH3 is 1. The highest BCUT2D eigenvalue weighted by Gasteiger charge is 2.48. The second-order valence-corrected chi connectivity index (χ2v) is 6.53. The van der Waals surface area contributed by atoms with Crippen LogP contribution in [0, 0.1) is 0 Å². The highest BCUT2D eigenvalue weighted by molar-refractivity contribution is 8.13. The van der Waals surface area contributed by atoms with Crippen LogP contribution in [0.2, 0.25) is 0 Å². The van der Waals surface area contributed by atoms with Crippen LogP contribution in [0.1, 0.15) is 6.92 Å². The summed E-state index contributed by atoms with van der Waals surface area (Å²) in [6, 6.07) is 0. The fourth-order valence-electron chi connectivity index (χ4n) is 3.13. The number of rotatable bonds is 2. The molecule has 0 fully saturated rings. The van der Waals surface area contributed by atoms with Crippen molar-refractivity contribution in [2.75, 3.05) is 12.0 Å². The van der Waals surface area contributed by atoms with E-state index in [9.17, 15) is 4.79 Å². The van der Waals surface area contributed by atoms with Gasteiger partial charge in [0.05, 0.1) is 18.0 Å². The van der Waals surface area contributed by atoms with E-state index in [1.165, 1.54) is 11.8 Å². The van der Waals surface area contributed by atoms with Crippen molar-refractivity contribution in [1.82, 2.24) is 9.55 Å². The first kappa shape index (κ1) is 13.6. The van der Waals surface area contributed by atoms with Gasteiger partial charge in [-0.25, -0.2) is 4.98 Å². The average Bonchev–Trinajstić information content (AvgIpc) is 3.03. The van der Waals surface area contributed by atoms with Crippen molar-refractivity contribution in [3.8, 4) is 0 Å². The van der Waals surface area contributed by atoms with E-state index in [2.05, 4.69) is 28.1 Å². The Morgan fingerprint density at radius 1 is 1.41 bits per heavy atom. The highest BCUT2D eigenvalue weighted by atomic mass is 32.2. The van der Waals surface area contributed by atoms with Gasteiger partial charge in [-0.1, -0.05) is 12.2 Å². The molecule has 0 N–H and O–H groups in total. The summed E-state index contributed by atoms with van der Waals surface area (Å²) in [6.07, 6.45) is 16.1. The van der Waals surface area contributed by atoms with Crippen LogP contribution in [0.25, 0.3) is 5.70 Å². The summed E-state index contributed by atoms with van der Waals surface area (Å²) >= 11 is 1.20. The lowest BCUT2D eigenvalue weighted by Crippen LogP contribution is -2.42. The number of imidazole rings is 1. The number of ether oxygens (including phenoxy) is 1. The van der Waals surface area contributed by atoms with Crippen LogP contribution >= 0.6 is 11.8 Å². The lowest BCUT2D eigenvalue weighted by molar-refractivity contribution is -0.109. The van der Waals surface area contributed by atoms with Gasteiger partial charge in [-0.15, -0.1) is 0 Å². The van der Waals surface area contributed by atoms with Crippen molar-refractivity contribution >= 4 is 28.5 Å². The normalized spacial score (nSPS) is 27.5. The van der Waals surface area contributed by atoms with Gasteiger partial charge in [0, 0.05) is 20.2 Å². The monoisotopic (exact) mass is 313 g/mol. The number of hydrogen-bond donors (Lipinski definition) is 0. The van der Waals surface area contributed by atoms with Crippen LogP contribution in [0.4, 0.5) is 5.95 Å². The van der Waals surface area contributed by atoms with E-state index in [4.69, 9.17) is 4.74 Å². The molecule has 3 heterocycles. The Hall–Kier alpha value is -2.05. The van der Waals surface area contributed by atoms with Crippen molar-refractivity contribution in [2.45, 2.75) is 23.6 Å². The molecular weight excluding hydrogens is 298 g/mol. The Bertz CT molecular complexity index is 774. The van der Waals surface area contributed by atoms with Crippen molar-refractivity contribution in [3.63, 3.8) is 0 Å². The summed E-state index contributed by atoms with van der Waals surface area (Å²) in [5.41, 5.74) is 0.679. The quantitative estimate of drug-likeness (QED) is 0.620. The molecule has 2 unspecified atom stereocenters. The average molecular weight is 313 g/mol. The van der Waals surface area contributed by atoms with Crippen LogP contribution in [-0.4, -0.2) is 33.4 Å².